The molecule has 4 nitrogen and oxygen atoms in total. The van der Waals surface area contributed by atoms with Crippen LogP contribution in [-0.2, 0) is 6.42 Å². The maximum absolute atomic E-state index is 4.65. The van der Waals surface area contributed by atoms with Crippen LogP contribution in [0.1, 0.15) is 38.9 Å². The van der Waals surface area contributed by atoms with Gasteiger partial charge >= 0.3 is 0 Å². The lowest BCUT2D eigenvalue weighted by atomic mass is 9.94. The molecule has 4 heteroatoms. The Morgan fingerprint density at radius 2 is 2.00 bits per heavy atom. The fourth-order valence-corrected chi connectivity index (χ4v) is 2.50. The molecule has 1 aliphatic rings. The van der Waals surface area contributed by atoms with E-state index in [4.69, 9.17) is 0 Å². The van der Waals surface area contributed by atoms with Gasteiger partial charge in [0.1, 0.15) is 17.5 Å². The van der Waals surface area contributed by atoms with Crippen LogP contribution < -0.4 is 10.2 Å². The highest BCUT2D eigenvalue weighted by molar-refractivity contribution is 5.49. The monoisotopic (exact) mass is 248 g/mol. The molecule has 0 spiro atoms. The number of rotatable bonds is 4. The van der Waals surface area contributed by atoms with Gasteiger partial charge in [0.25, 0.3) is 0 Å². The fourth-order valence-electron chi connectivity index (χ4n) is 2.50. The average Bonchev–Trinajstić information content (AvgIpc) is 2.46. The Morgan fingerprint density at radius 3 is 2.56 bits per heavy atom. The fraction of sp³-hybridized carbons (Fsp3) is 0.714. The number of hydrogen-bond donors (Lipinski definition) is 1. The van der Waals surface area contributed by atoms with Crippen molar-refractivity contribution in [3.05, 3.63) is 11.9 Å². The highest BCUT2D eigenvalue weighted by Crippen LogP contribution is 2.25. The van der Waals surface area contributed by atoms with E-state index in [1.54, 1.807) is 0 Å². The van der Waals surface area contributed by atoms with Crippen LogP contribution in [-0.4, -0.2) is 30.1 Å². The van der Waals surface area contributed by atoms with Crippen molar-refractivity contribution in [2.45, 2.75) is 39.5 Å². The topological polar surface area (TPSA) is 41.1 Å². The first kappa shape index (κ1) is 13.1. The number of aromatic nitrogens is 2. The van der Waals surface area contributed by atoms with Crippen LogP contribution in [0.5, 0.6) is 0 Å². The Balaban J connectivity index is 2.13. The lowest BCUT2D eigenvalue weighted by Gasteiger charge is -2.32. The molecular formula is C14H24N4. The molecular weight excluding hydrogens is 224 g/mol. The summed E-state index contributed by atoms with van der Waals surface area (Å²) in [6.45, 7) is 6.64. The van der Waals surface area contributed by atoms with Crippen LogP contribution in [0.15, 0.2) is 6.07 Å². The summed E-state index contributed by atoms with van der Waals surface area (Å²) >= 11 is 0. The van der Waals surface area contributed by atoms with E-state index in [2.05, 4.69) is 40.1 Å². The van der Waals surface area contributed by atoms with Gasteiger partial charge < -0.3 is 10.2 Å². The number of nitrogens with zero attached hydrogens (tertiary/aromatic N) is 3. The van der Waals surface area contributed by atoms with Gasteiger partial charge in [-0.15, -0.1) is 0 Å². The summed E-state index contributed by atoms with van der Waals surface area (Å²) in [5.41, 5.74) is 0. The maximum atomic E-state index is 4.65. The van der Waals surface area contributed by atoms with Crippen LogP contribution in [0, 0.1) is 5.92 Å². The van der Waals surface area contributed by atoms with E-state index in [9.17, 15) is 0 Å². The Kier molecular flexibility index (Phi) is 4.39. The number of nitrogens with one attached hydrogen (secondary N) is 1. The summed E-state index contributed by atoms with van der Waals surface area (Å²) in [6, 6.07) is 2.06. The zero-order valence-corrected chi connectivity index (χ0v) is 11.7. The van der Waals surface area contributed by atoms with Crippen LogP contribution in [0.4, 0.5) is 11.6 Å². The zero-order valence-electron chi connectivity index (χ0n) is 11.7. The molecule has 100 valence electrons. The quantitative estimate of drug-likeness (QED) is 0.889. The van der Waals surface area contributed by atoms with Crippen molar-refractivity contribution in [3.63, 3.8) is 0 Å². The summed E-state index contributed by atoms with van der Waals surface area (Å²) in [6.07, 6.45) is 4.77. The third kappa shape index (κ3) is 2.92. The molecule has 1 aromatic heterocycles. The van der Waals surface area contributed by atoms with Gasteiger partial charge in [0.05, 0.1) is 0 Å². The Labute approximate surface area is 110 Å². The van der Waals surface area contributed by atoms with Crippen LogP contribution in [0.3, 0.4) is 0 Å². The van der Waals surface area contributed by atoms with Gasteiger partial charge in [-0.2, -0.15) is 0 Å². The second-order valence-corrected chi connectivity index (χ2v) is 4.97. The minimum absolute atomic E-state index is 0.883. The largest absolute Gasteiger partial charge is 0.373 e. The third-order valence-corrected chi connectivity index (χ3v) is 3.85. The Morgan fingerprint density at radius 1 is 1.28 bits per heavy atom. The lowest BCUT2D eigenvalue weighted by molar-refractivity contribution is 0.393. The number of aryl methyl sites for hydroxylation is 1. The predicted octanol–water partition coefficient (Wildman–Crippen LogP) is 2.71. The maximum Gasteiger partial charge on any atom is 0.134 e. The zero-order chi connectivity index (χ0) is 13.0. The SMILES string of the molecule is CCc1nc(NC)cc(N2CCC(CC)CC2)n1. The van der Waals surface area contributed by atoms with Crippen molar-refractivity contribution in [3.8, 4) is 0 Å². The van der Waals surface area contributed by atoms with E-state index in [0.717, 1.165) is 42.9 Å². The molecule has 0 radical (unpaired) electrons. The van der Waals surface area contributed by atoms with Crippen molar-refractivity contribution in [2.75, 3.05) is 30.4 Å². The van der Waals surface area contributed by atoms with Gasteiger partial charge in [-0.3, -0.25) is 0 Å². The average molecular weight is 248 g/mol. The Bertz CT molecular complexity index is 361. The molecule has 2 heterocycles. The minimum Gasteiger partial charge on any atom is -0.373 e. The van der Waals surface area contributed by atoms with Gasteiger partial charge in [0.2, 0.25) is 0 Å². The van der Waals surface area contributed by atoms with Crippen LogP contribution in [0.25, 0.3) is 0 Å². The van der Waals surface area contributed by atoms with E-state index >= 15 is 0 Å². The first-order valence-corrected chi connectivity index (χ1v) is 7.07. The first-order valence-electron chi connectivity index (χ1n) is 7.07. The van der Waals surface area contributed by atoms with Crippen molar-refractivity contribution in [2.24, 2.45) is 5.92 Å². The minimum atomic E-state index is 0.883. The van der Waals surface area contributed by atoms with Crippen molar-refractivity contribution < 1.29 is 0 Å². The highest BCUT2D eigenvalue weighted by Gasteiger charge is 2.19. The van der Waals surface area contributed by atoms with Gasteiger partial charge in [-0.1, -0.05) is 20.3 Å². The molecule has 1 N–H and O–H groups in total. The predicted molar refractivity (Wildman–Crippen MR) is 76.2 cm³/mol. The standard InChI is InChI=1S/C14H24N4/c1-4-11-6-8-18(9-7-11)14-10-13(15-3)16-12(5-2)17-14/h10-11H,4-9H2,1-3H3,(H,15,16,17). The van der Waals surface area contributed by atoms with Crippen molar-refractivity contribution in [1.29, 1.82) is 0 Å². The van der Waals surface area contributed by atoms with Gasteiger partial charge in [0.15, 0.2) is 0 Å². The van der Waals surface area contributed by atoms with E-state index in [0.29, 0.717) is 0 Å². The molecule has 18 heavy (non-hydrogen) atoms. The molecule has 1 fully saturated rings. The summed E-state index contributed by atoms with van der Waals surface area (Å²) < 4.78 is 0. The van der Waals surface area contributed by atoms with E-state index in [1.165, 1.54) is 19.3 Å². The van der Waals surface area contributed by atoms with Gasteiger partial charge in [-0.05, 0) is 18.8 Å². The van der Waals surface area contributed by atoms with Gasteiger partial charge in [-0.25, -0.2) is 9.97 Å². The summed E-state index contributed by atoms with van der Waals surface area (Å²) in [5, 5.41) is 3.12. The molecule has 0 aliphatic carbocycles. The first-order chi connectivity index (χ1) is 8.76. The molecule has 1 aromatic rings. The Hall–Kier alpha value is -1.32. The summed E-state index contributed by atoms with van der Waals surface area (Å²) in [4.78, 5) is 11.5. The molecule has 0 bridgehead atoms. The normalized spacial score (nSPS) is 16.9. The van der Waals surface area contributed by atoms with E-state index in [1.807, 2.05) is 7.05 Å². The number of hydrogen-bond acceptors (Lipinski definition) is 4. The molecule has 0 saturated carbocycles. The summed E-state index contributed by atoms with van der Waals surface area (Å²) in [7, 11) is 1.91. The van der Waals surface area contributed by atoms with Crippen molar-refractivity contribution >= 4 is 11.6 Å². The van der Waals surface area contributed by atoms with Crippen LogP contribution >= 0.6 is 0 Å². The van der Waals surface area contributed by atoms with Crippen LogP contribution in [0.2, 0.25) is 0 Å². The van der Waals surface area contributed by atoms with E-state index < -0.39 is 0 Å². The van der Waals surface area contributed by atoms with E-state index in [-0.39, 0.29) is 0 Å². The molecule has 0 atom stereocenters. The second kappa shape index (κ2) is 6.03. The third-order valence-electron chi connectivity index (χ3n) is 3.85. The number of anilines is 2. The summed E-state index contributed by atoms with van der Waals surface area (Å²) in [5.74, 6) is 3.84. The molecule has 0 unspecified atom stereocenters. The molecule has 0 aromatic carbocycles. The molecule has 2 rings (SSSR count). The molecule has 1 aliphatic heterocycles. The highest BCUT2D eigenvalue weighted by atomic mass is 15.2. The molecule has 0 amide bonds. The lowest BCUT2D eigenvalue weighted by Crippen LogP contribution is -2.34. The van der Waals surface area contributed by atoms with Crippen molar-refractivity contribution in [1.82, 2.24) is 9.97 Å². The smallest absolute Gasteiger partial charge is 0.134 e. The second-order valence-electron chi connectivity index (χ2n) is 4.97. The number of piperidine rings is 1. The van der Waals surface area contributed by atoms with Gasteiger partial charge in [0, 0.05) is 32.6 Å². The molecule has 1 saturated heterocycles.